The molecule has 3 aromatic carbocycles. The number of rotatable bonds is 13. The van der Waals surface area contributed by atoms with Crippen molar-refractivity contribution >= 4 is 37.9 Å². The van der Waals surface area contributed by atoms with E-state index in [2.05, 4.69) is 0 Å². The topological polar surface area (TPSA) is 133 Å². The van der Waals surface area contributed by atoms with E-state index in [4.69, 9.17) is 8.37 Å². The quantitative estimate of drug-likeness (QED) is 0.127. The highest BCUT2D eigenvalue weighted by Gasteiger charge is 2.21. The Morgan fingerprint density at radius 1 is 0.757 bits per heavy atom. The maximum Gasteiger partial charge on any atom is 0.297 e. The van der Waals surface area contributed by atoms with Crippen LogP contribution in [-0.2, 0) is 28.6 Å². The first-order valence-electron chi connectivity index (χ1n) is 11.1. The van der Waals surface area contributed by atoms with Crippen molar-refractivity contribution in [1.29, 1.82) is 0 Å². The van der Waals surface area contributed by atoms with Gasteiger partial charge in [0.2, 0.25) is 0 Å². The summed E-state index contributed by atoms with van der Waals surface area (Å²) in [4.78, 5) is 11.2. The summed E-state index contributed by atoms with van der Waals surface area (Å²) in [6, 6.07) is 18.4. The molecule has 0 spiro atoms. The van der Waals surface area contributed by atoms with Crippen LogP contribution >= 0.6 is 11.9 Å². The van der Waals surface area contributed by atoms with Crippen molar-refractivity contribution in [3.8, 4) is 0 Å². The third-order valence-corrected chi connectivity index (χ3v) is 8.89. The molecule has 0 aliphatic carbocycles. The van der Waals surface area contributed by atoms with E-state index in [0.29, 0.717) is 4.90 Å². The maximum absolute atomic E-state index is 12.5. The Kier molecular flexibility index (Phi) is 9.81. The highest BCUT2D eigenvalue weighted by atomic mass is 32.2. The zero-order chi connectivity index (χ0) is 27.1. The number of nitrogens with zero attached hydrogens (tertiary/aromatic N) is 2. The fourth-order valence-electron chi connectivity index (χ4n) is 3.07. The summed E-state index contributed by atoms with van der Waals surface area (Å²) in [7, 11) is -8.04. The molecule has 3 aromatic rings. The van der Waals surface area contributed by atoms with Crippen LogP contribution < -0.4 is 0 Å². The lowest BCUT2D eigenvalue weighted by Crippen LogP contribution is -2.27. The first kappa shape index (κ1) is 28.8. The first-order valence-corrected chi connectivity index (χ1v) is 14.7. The summed E-state index contributed by atoms with van der Waals surface area (Å²) in [6.07, 6.45) is 0. The van der Waals surface area contributed by atoms with Gasteiger partial charge in [-0.1, -0.05) is 47.5 Å². The van der Waals surface area contributed by atoms with Gasteiger partial charge in [0.15, 0.2) is 0 Å². The van der Waals surface area contributed by atoms with Crippen LogP contribution in [0.25, 0.3) is 0 Å². The molecule has 0 radical (unpaired) electrons. The Morgan fingerprint density at radius 3 is 1.62 bits per heavy atom. The van der Waals surface area contributed by atoms with E-state index in [1.54, 1.807) is 40.7 Å². The van der Waals surface area contributed by atoms with Crippen LogP contribution in [0.3, 0.4) is 0 Å². The average molecular weight is 567 g/mol. The highest BCUT2D eigenvalue weighted by molar-refractivity contribution is 7.97. The zero-order valence-electron chi connectivity index (χ0n) is 20.1. The smallest absolute Gasteiger partial charge is 0.265 e. The molecule has 0 heterocycles. The number of nitro benzene ring substituents is 1. The molecule has 0 aliphatic heterocycles. The summed E-state index contributed by atoms with van der Waals surface area (Å²) in [6.45, 7) is 3.14. The van der Waals surface area contributed by atoms with E-state index >= 15 is 0 Å². The summed E-state index contributed by atoms with van der Waals surface area (Å²) in [5, 5.41) is 11.4. The molecule has 3 rings (SSSR count). The van der Waals surface area contributed by atoms with Crippen LogP contribution in [0, 0.1) is 24.0 Å². The average Bonchev–Trinajstić information content (AvgIpc) is 2.84. The molecule has 0 N–H and O–H groups in total. The van der Waals surface area contributed by atoms with Crippen molar-refractivity contribution in [2.24, 2.45) is 0 Å². The van der Waals surface area contributed by atoms with Crippen LogP contribution in [0.15, 0.2) is 87.5 Å². The Labute approximate surface area is 220 Å². The van der Waals surface area contributed by atoms with E-state index in [9.17, 15) is 26.9 Å². The summed E-state index contributed by atoms with van der Waals surface area (Å²) >= 11 is 0.982. The lowest BCUT2D eigenvalue weighted by Gasteiger charge is -2.20. The van der Waals surface area contributed by atoms with Crippen molar-refractivity contribution in [1.82, 2.24) is 4.31 Å². The van der Waals surface area contributed by atoms with Crippen LogP contribution in [0.1, 0.15) is 11.1 Å². The van der Waals surface area contributed by atoms with Gasteiger partial charge in [-0.2, -0.15) is 16.8 Å². The van der Waals surface area contributed by atoms with Gasteiger partial charge in [-0.15, -0.1) is 0 Å². The Hall–Kier alpha value is -2.81. The van der Waals surface area contributed by atoms with Gasteiger partial charge in [0.1, 0.15) is 4.90 Å². The molecule has 0 bridgehead atoms. The van der Waals surface area contributed by atoms with E-state index in [0.717, 1.165) is 23.1 Å². The number of hydrogen-bond acceptors (Lipinski definition) is 10. The molecule has 0 saturated heterocycles. The van der Waals surface area contributed by atoms with Gasteiger partial charge in [-0.05, 0) is 56.1 Å². The van der Waals surface area contributed by atoms with E-state index in [1.807, 2.05) is 13.8 Å². The molecule has 0 saturated carbocycles. The second-order valence-electron chi connectivity index (χ2n) is 7.92. The van der Waals surface area contributed by atoms with Crippen molar-refractivity contribution in [3.05, 3.63) is 94.0 Å². The molecule has 10 nitrogen and oxygen atoms in total. The van der Waals surface area contributed by atoms with Crippen LogP contribution in [0.4, 0.5) is 5.69 Å². The Morgan fingerprint density at radius 2 is 1.19 bits per heavy atom. The van der Waals surface area contributed by atoms with E-state index < -0.39 is 25.2 Å². The fourth-order valence-corrected chi connectivity index (χ4v) is 5.86. The van der Waals surface area contributed by atoms with Gasteiger partial charge in [0.05, 0.1) is 27.9 Å². The number of aryl methyl sites for hydroxylation is 2. The standard InChI is InChI=1S/C24H26N2O8S3/c1-19-7-11-21(12-8-19)36(29,30)33-17-15-25(35-24-6-4-3-5-23(24)26(27)28)16-18-34-37(31,32)22-13-9-20(2)10-14-22/h3-14H,15-18H2,1-2H3. The lowest BCUT2D eigenvalue weighted by molar-refractivity contribution is -0.387. The van der Waals surface area contributed by atoms with Crippen molar-refractivity contribution in [2.45, 2.75) is 28.5 Å². The number of hydrogen-bond donors (Lipinski definition) is 0. The molecule has 0 atom stereocenters. The van der Waals surface area contributed by atoms with Gasteiger partial charge in [-0.25, -0.2) is 4.31 Å². The second-order valence-corrected chi connectivity index (χ2v) is 12.3. The summed E-state index contributed by atoms with van der Waals surface area (Å²) in [5.41, 5.74) is 1.65. The van der Waals surface area contributed by atoms with Gasteiger partial charge in [-0.3, -0.25) is 18.5 Å². The number of nitro groups is 1. The van der Waals surface area contributed by atoms with Gasteiger partial charge in [0.25, 0.3) is 25.9 Å². The summed E-state index contributed by atoms with van der Waals surface area (Å²) in [5.74, 6) is 0. The second kappa shape index (κ2) is 12.6. The molecule has 0 amide bonds. The third-order valence-electron chi connectivity index (χ3n) is 5.07. The molecule has 198 valence electrons. The normalized spacial score (nSPS) is 12.1. The van der Waals surface area contributed by atoms with Gasteiger partial charge in [0, 0.05) is 19.2 Å². The lowest BCUT2D eigenvalue weighted by atomic mass is 10.2. The zero-order valence-corrected chi connectivity index (χ0v) is 22.6. The first-order chi connectivity index (χ1) is 17.5. The minimum absolute atomic E-state index is 0.00326. The molecule has 37 heavy (non-hydrogen) atoms. The molecular formula is C24H26N2O8S3. The Balaban J connectivity index is 1.69. The van der Waals surface area contributed by atoms with Crippen LogP contribution in [0.5, 0.6) is 0 Å². The molecule has 0 aliphatic rings. The fraction of sp³-hybridized carbons (Fsp3) is 0.250. The van der Waals surface area contributed by atoms with E-state index in [-0.39, 0.29) is 41.8 Å². The minimum Gasteiger partial charge on any atom is -0.265 e. The van der Waals surface area contributed by atoms with Crippen LogP contribution in [-0.4, -0.2) is 52.4 Å². The number of benzene rings is 3. The van der Waals surface area contributed by atoms with Crippen molar-refractivity contribution < 1.29 is 30.1 Å². The largest absolute Gasteiger partial charge is 0.297 e. The van der Waals surface area contributed by atoms with Crippen molar-refractivity contribution in [3.63, 3.8) is 0 Å². The van der Waals surface area contributed by atoms with Crippen LogP contribution in [0.2, 0.25) is 0 Å². The number of para-hydroxylation sites is 1. The molecule has 0 fully saturated rings. The maximum atomic E-state index is 12.5. The van der Waals surface area contributed by atoms with Gasteiger partial charge >= 0.3 is 0 Å². The summed E-state index contributed by atoms with van der Waals surface area (Å²) < 4.78 is 61.9. The molecule has 13 heteroatoms. The minimum atomic E-state index is -4.02. The van der Waals surface area contributed by atoms with Crippen molar-refractivity contribution in [2.75, 3.05) is 26.3 Å². The predicted octanol–water partition coefficient (Wildman–Crippen LogP) is 4.33. The highest BCUT2D eigenvalue weighted by Crippen LogP contribution is 2.31. The van der Waals surface area contributed by atoms with Gasteiger partial charge < -0.3 is 0 Å². The van der Waals surface area contributed by atoms with E-state index in [1.165, 1.54) is 36.4 Å². The SMILES string of the molecule is Cc1ccc(S(=O)(=O)OCCN(CCOS(=O)(=O)c2ccc(C)cc2)Sc2ccccc2[N+](=O)[O-])cc1. The molecule has 0 unspecified atom stereocenters. The third kappa shape index (κ3) is 8.35. The molecule has 0 aromatic heterocycles. The Bertz CT molecular complexity index is 1340. The monoisotopic (exact) mass is 566 g/mol. The molecular weight excluding hydrogens is 540 g/mol. The predicted molar refractivity (Wildman–Crippen MR) is 139 cm³/mol.